The number of benzene rings is 1. The first-order chi connectivity index (χ1) is 16.0. The summed E-state index contributed by atoms with van der Waals surface area (Å²) in [6.07, 6.45) is 4.08. The van der Waals surface area contributed by atoms with Gasteiger partial charge in [-0.2, -0.15) is 18.3 Å². The van der Waals surface area contributed by atoms with Gasteiger partial charge in [-0.1, -0.05) is 0 Å². The van der Waals surface area contributed by atoms with E-state index in [2.05, 4.69) is 15.2 Å². The fourth-order valence-electron chi connectivity index (χ4n) is 5.60. The summed E-state index contributed by atoms with van der Waals surface area (Å²) in [4.78, 5) is 19.5. The van der Waals surface area contributed by atoms with Crippen LogP contribution in [-0.2, 0) is 16.3 Å². The number of carbonyl (C=O) groups is 1. The van der Waals surface area contributed by atoms with Gasteiger partial charge < -0.3 is 9.80 Å². The van der Waals surface area contributed by atoms with Crippen molar-refractivity contribution < 1.29 is 30.8 Å². The second-order valence-corrected chi connectivity index (χ2v) is 11.6. The molecule has 3 aliphatic rings. The Kier molecular flexibility index (Phi) is 5.37. The number of carbonyl (C=O) groups excluding carboxylic acids is 1. The third-order valence-electron chi connectivity index (χ3n) is 7.12. The minimum atomic E-state index is -5.60. The number of halogens is 4. The summed E-state index contributed by atoms with van der Waals surface area (Å²) in [6, 6.07) is 2.37. The zero-order chi connectivity index (χ0) is 24.3. The van der Waals surface area contributed by atoms with Crippen LogP contribution in [0.15, 0.2) is 29.4 Å². The Labute approximate surface area is 193 Å². The van der Waals surface area contributed by atoms with Crippen LogP contribution in [0.3, 0.4) is 0 Å². The van der Waals surface area contributed by atoms with Gasteiger partial charge in [0.05, 0.1) is 4.90 Å². The summed E-state index contributed by atoms with van der Waals surface area (Å²) in [5.41, 5.74) is -5.27. The van der Waals surface area contributed by atoms with Gasteiger partial charge in [0, 0.05) is 37.5 Å². The standard InChI is InChI=1S/C21H23F4N5O3S/c22-16-4-13(5-17(6-16)34(32,33)21(23,24)25)3-14-7-20(8-14)10-30(11-20)19(31)29-2-1-15(9-29)18-26-12-27-28-18/h4-6,12,14-15H,1-3,7-11H2,(H,26,27,28)/t15-/m0/s1. The minimum Gasteiger partial charge on any atom is -0.324 e. The number of likely N-dealkylation sites (tertiary alicyclic amines) is 2. The molecule has 3 fully saturated rings. The number of aromatic nitrogens is 3. The molecule has 2 aliphatic heterocycles. The summed E-state index contributed by atoms with van der Waals surface area (Å²) in [7, 11) is -5.60. The number of nitrogens with zero attached hydrogens (tertiary/aromatic N) is 4. The molecular formula is C21H23F4N5O3S. The van der Waals surface area contributed by atoms with Crippen molar-refractivity contribution >= 4 is 15.9 Å². The molecule has 2 saturated heterocycles. The van der Waals surface area contributed by atoms with Gasteiger partial charge in [0.2, 0.25) is 0 Å². The summed E-state index contributed by atoms with van der Waals surface area (Å²) >= 11 is 0. The zero-order valence-corrected chi connectivity index (χ0v) is 18.9. The molecule has 8 nitrogen and oxygen atoms in total. The zero-order valence-electron chi connectivity index (χ0n) is 18.1. The van der Waals surface area contributed by atoms with Crippen LogP contribution in [0.5, 0.6) is 0 Å². The van der Waals surface area contributed by atoms with E-state index in [4.69, 9.17) is 0 Å². The lowest BCUT2D eigenvalue weighted by Gasteiger charge is -2.59. The Morgan fingerprint density at radius 1 is 1.18 bits per heavy atom. The molecule has 2 amide bonds. The van der Waals surface area contributed by atoms with Gasteiger partial charge in [0.15, 0.2) is 0 Å². The number of H-pyrrole nitrogens is 1. The summed E-state index contributed by atoms with van der Waals surface area (Å²) in [6.45, 7) is 2.47. The van der Waals surface area contributed by atoms with Crippen molar-refractivity contribution in [3.63, 3.8) is 0 Å². The molecule has 1 saturated carbocycles. The number of urea groups is 1. The molecule has 1 aromatic carbocycles. The number of hydrogen-bond donors (Lipinski definition) is 1. The first-order valence-corrected chi connectivity index (χ1v) is 12.4. The summed E-state index contributed by atoms with van der Waals surface area (Å²) in [5.74, 6) is 0.0139. The number of aromatic amines is 1. The summed E-state index contributed by atoms with van der Waals surface area (Å²) < 4.78 is 75.6. The predicted molar refractivity (Wildman–Crippen MR) is 111 cm³/mol. The Morgan fingerprint density at radius 3 is 2.56 bits per heavy atom. The van der Waals surface area contributed by atoms with Crippen LogP contribution in [0.1, 0.15) is 36.6 Å². The maximum atomic E-state index is 13.9. The van der Waals surface area contributed by atoms with E-state index in [9.17, 15) is 30.8 Å². The normalized spacial score (nSPS) is 22.6. The van der Waals surface area contributed by atoms with Crippen molar-refractivity contribution in [2.24, 2.45) is 11.3 Å². The van der Waals surface area contributed by atoms with Crippen LogP contribution < -0.4 is 0 Å². The number of amides is 2. The Balaban J connectivity index is 1.14. The van der Waals surface area contributed by atoms with Gasteiger partial charge in [0.25, 0.3) is 9.84 Å². The fraction of sp³-hybridized carbons (Fsp3) is 0.571. The van der Waals surface area contributed by atoms with E-state index in [1.807, 2.05) is 4.90 Å². The Bertz CT molecular complexity index is 1190. The van der Waals surface area contributed by atoms with Gasteiger partial charge in [-0.25, -0.2) is 22.6 Å². The Hall–Kier alpha value is -2.70. The number of rotatable bonds is 4. The highest BCUT2D eigenvalue weighted by Crippen LogP contribution is 2.53. The van der Waals surface area contributed by atoms with E-state index in [0.29, 0.717) is 38.7 Å². The molecule has 1 spiro atoms. The topological polar surface area (TPSA) is 99.3 Å². The molecule has 184 valence electrons. The van der Waals surface area contributed by atoms with Gasteiger partial charge in [-0.3, -0.25) is 5.10 Å². The lowest BCUT2D eigenvalue weighted by atomic mass is 9.56. The van der Waals surface area contributed by atoms with Crippen molar-refractivity contribution in [1.82, 2.24) is 25.0 Å². The van der Waals surface area contributed by atoms with Gasteiger partial charge in [-0.05, 0) is 55.4 Å². The second-order valence-electron chi connectivity index (χ2n) is 9.66. The lowest BCUT2D eigenvalue weighted by molar-refractivity contribution is -0.0754. The highest BCUT2D eigenvalue weighted by molar-refractivity contribution is 7.92. The highest BCUT2D eigenvalue weighted by atomic mass is 32.2. The predicted octanol–water partition coefficient (Wildman–Crippen LogP) is 3.10. The van der Waals surface area contributed by atoms with E-state index in [1.54, 1.807) is 4.90 Å². The quantitative estimate of drug-likeness (QED) is 0.650. The monoisotopic (exact) mass is 501 g/mol. The number of sulfone groups is 1. The molecular weight excluding hydrogens is 478 g/mol. The highest BCUT2D eigenvalue weighted by Gasteiger charge is 2.54. The number of nitrogens with one attached hydrogen (secondary N) is 1. The van der Waals surface area contributed by atoms with Gasteiger partial charge in [-0.15, -0.1) is 0 Å². The molecule has 34 heavy (non-hydrogen) atoms. The number of hydrogen-bond acceptors (Lipinski definition) is 5. The van der Waals surface area contributed by atoms with E-state index < -0.39 is 26.1 Å². The molecule has 5 rings (SSSR count). The van der Waals surface area contributed by atoms with Crippen LogP contribution in [0, 0.1) is 17.2 Å². The smallest absolute Gasteiger partial charge is 0.324 e. The second kappa shape index (κ2) is 7.92. The van der Waals surface area contributed by atoms with Crippen LogP contribution in [-0.4, -0.2) is 71.1 Å². The summed E-state index contributed by atoms with van der Waals surface area (Å²) in [5, 5.41) is 6.70. The van der Waals surface area contributed by atoms with E-state index in [1.165, 1.54) is 6.33 Å². The molecule has 1 aliphatic carbocycles. The molecule has 2 aromatic rings. The average Bonchev–Trinajstić information content (AvgIpc) is 3.38. The van der Waals surface area contributed by atoms with Crippen molar-refractivity contribution in [1.29, 1.82) is 0 Å². The largest absolute Gasteiger partial charge is 0.501 e. The molecule has 13 heteroatoms. The van der Waals surface area contributed by atoms with E-state index >= 15 is 0 Å². The van der Waals surface area contributed by atoms with Gasteiger partial charge >= 0.3 is 11.5 Å². The maximum absolute atomic E-state index is 13.9. The first kappa shape index (κ1) is 23.1. The fourth-order valence-corrected chi connectivity index (χ4v) is 6.44. The van der Waals surface area contributed by atoms with Crippen molar-refractivity contribution in [3.8, 4) is 0 Å². The molecule has 1 N–H and O–H groups in total. The molecule has 0 radical (unpaired) electrons. The Morgan fingerprint density at radius 2 is 1.91 bits per heavy atom. The maximum Gasteiger partial charge on any atom is 0.501 e. The molecule has 1 aromatic heterocycles. The SMILES string of the molecule is O=C(N1CC[C@H](c2ncn[nH]2)C1)N1CC2(CC(Cc3cc(F)cc(S(=O)(=O)C(F)(F)F)c3)C2)C1. The van der Waals surface area contributed by atoms with Gasteiger partial charge in [0.1, 0.15) is 18.0 Å². The van der Waals surface area contributed by atoms with Crippen LogP contribution >= 0.6 is 0 Å². The van der Waals surface area contributed by atoms with Crippen LogP contribution in [0.25, 0.3) is 0 Å². The third kappa shape index (κ3) is 4.03. The lowest BCUT2D eigenvalue weighted by Crippen LogP contribution is -2.65. The molecule has 0 bridgehead atoms. The van der Waals surface area contributed by atoms with Crippen molar-refractivity contribution in [2.45, 2.75) is 42.0 Å². The van der Waals surface area contributed by atoms with E-state index in [0.717, 1.165) is 37.2 Å². The van der Waals surface area contributed by atoms with E-state index in [-0.39, 0.29) is 28.8 Å². The number of alkyl halides is 3. The van der Waals surface area contributed by atoms with Crippen molar-refractivity contribution in [2.75, 3.05) is 26.2 Å². The minimum absolute atomic E-state index is 0.0109. The van der Waals surface area contributed by atoms with Crippen molar-refractivity contribution in [3.05, 3.63) is 41.7 Å². The molecule has 3 heterocycles. The molecule has 1 atom stereocenters. The van der Waals surface area contributed by atoms with Crippen LogP contribution in [0.4, 0.5) is 22.4 Å². The average molecular weight is 502 g/mol. The first-order valence-electron chi connectivity index (χ1n) is 11.0. The van der Waals surface area contributed by atoms with Crippen LogP contribution in [0.2, 0.25) is 0 Å². The molecule has 0 unspecified atom stereocenters. The third-order valence-corrected chi connectivity index (χ3v) is 8.58.